The summed E-state index contributed by atoms with van der Waals surface area (Å²) in [5.41, 5.74) is 5.07. The number of imide groups is 1. The molecule has 1 saturated heterocycles. The highest BCUT2D eigenvalue weighted by molar-refractivity contribution is 6.23. The van der Waals surface area contributed by atoms with Gasteiger partial charge >= 0.3 is 5.97 Å². The molecule has 146 valence electrons. The second-order valence-corrected chi connectivity index (χ2v) is 8.13. The average Bonchev–Trinajstić information content (AvgIpc) is 3.04. The lowest BCUT2D eigenvalue weighted by atomic mass is 9.55. The first-order chi connectivity index (χ1) is 14.6. The molecule has 30 heavy (non-hydrogen) atoms. The molecular formula is C25H17NO4. The minimum atomic E-state index is -1.04. The van der Waals surface area contributed by atoms with E-state index in [-0.39, 0.29) is 29.2 Å². The molecule has 1 unspecified atom stereocenters. The quantitative estimate of drug-likeness (QED) is 0.670. The van der Waals surface area contributed by atoms with Crippen LogP contribution >= 0.6 is 0 Å². The van der Waals surface area contributed by atoms with Crippen molar-refractivity contribution in [1.82, 2.24) is 0 Å². The number of amides is 2. The van der Waals surface area contributed by atoms with Crippen molar-refractivity contribution >= 4 is 23.5 Å². The molecule has 1 aliphatic heterocycles. The zero-order chi connectivity index (χ0) is 20.6. The van der Waals surface area contributed by atoms with Crippen LogP contribution in [0.15, 0.2) is 72.8 Å². The normalized spacial score (nSPS) is 25.7. The Kier molecular flexibility index (Phi) is 3.37. The molecule has 2 bridgehead atoms. The van der Waals surface area contributed by atoms with Crippen molar-refractivity contribution in [2.24, 2.45) is 11.8 Å². The van der Waals surface area contributed by atoms with Gasteiger partial charge in [-0.1, -0.05) is 48.5 Å². The Bertz CT molecular complexity index is 1130. The maximum Gasteiger partial charge on any atom is 0.335 e. The lowest BCUT2D eigenvalue weighted by molar-refractivity contribution is -0.122. The topological polar surface area (TPSA) is 74.7 Å². The first kappa shape index (κ1) is 17.2. The molecule has 5 nitrogen and oxygen atoms in total. The van der Waals surface area contributed by atoms with E-state index in [0.717, 1.165) is 22.3 Å². The summed E-state index contributed by atoms with van der Waals surface area (Å²) in [5.74, 6) is -2.62. The first-order valence-corrected chi connectivity index (χ1v) is 9.96. The van der Waals surface area contributed by atoms with Gasteiger partial charge in [0.2, 0.25) is 11.8 Å². The van der Waals surface area contributed by atoms with Crippen molar-refractivity contribution in [3.8, 4) is 0 Å². The molecular weight excluding hydrogens is 378 g/mol. The van der Waals surface area contributed by atoms with Crippen LogP contribution in [0.4, 0.5) is 5.69 Å². The van der Waals surface area contributed by atoms with Gasteiger partial charge in [0, 0.05) is 11.8 Å². The molecule has 0 aromatic heterocycles. The minimum Gasteiger partial charge on any atom is -0.478 e. The zero-order valence-corrected chi connectivity index (χ0v) is 15.9. The predicted octanol–water partition coefficient (Wildman–Crippen LogP) is 3.78. The second-order valence-electron chi connectivity index (χ2n) is 8.13. The fraction of sp³-hybridized carbons (Fsp3) is 0.160. The van der Waals surface area contributed by atoms with Crippen LogP contribution in [0, 0.1) is 11.8 Å². The number of carboxylic acids is 1. The second kappa shape index (κ2) is 5.89. The van der Waals surface area contributed by atoms with Gasteiger partial charge in [-0.25, -0.2) is 9.69 Å². The number of anilines is 1. The summed E-state index contributed by atoms with van der Waals surface area (Å²) >= 11 is 0. The highest BCUT2D eigenvalue weighted by Crippen LogP contribution is 2.61. The van der Waals surface area contributed by atoms with Gasteiger partial charge in [0.05, 0.1) is 23.1 Å². The number of carboxylic acid groups (broad SMARTS) is 1. The van der Waals surface area contributed by atoms with Gasteiger partial charge in [0.15, 0.2) is 0 Å². The molecule has 4 aliphatic rings. The Hall–Kier alpha value is -3.73. The third-order valence-electron chi connectivity index (χ3n) is 6.82. The number of carbonyl (C=O) groups excluding carboxylic acids is 2. The van der Waals surface area contributed by atoms with Crippen LogP contribution in [0.2, 0.25) is 0 Å². The van der Waals surface area contributed by atoms with Crippen molar-refractivity contribution in [2.75, 3.05) is 4.90 Å². The number of nitrogens with zero attached hydrogens (tertiary/aromatic N) is 1. The molecule has 2 atom stereocenters. The van der Waals surface area contributed by atoms with E-state index >= 15 is 0 Å². The third kappa shape index (κ3) is 2.04. The molecule has 7 rings (SSSR count). The fourth-order valence-corrected chi connectivity index (χ4v) is 5.68. The van der Waals surface area contributed by atoms with Gasteiger partial charge in [-0.3, -0.25) is 9.59 Å². The lowest BCUT2D eigenvalue weighted by Crippen LogP contribution is -2.41. The molecule has 1 heterocycles. The molecule has 5 heteroatoms. The van der Waals surface area contributed by atoms with Gasteiger partial charge < -0.3 is 5.11 Å². The van der Waals surface area contributed by atoms with Crippen molar-refractivity contribution in [3.05, 3.63) is 101 Å². The van der Waals surface area contributed by atoms with E-state index < -0.39 is 17.8 Å². The molecule has 3 aliphatic carbocycles. The summed E-state index contributed by atoms with van der Waals surface area (Å²) < 4.78 is 0. The fourth-order valence-electron chi connectivity index (χ4n) is 5.68. The molecule has 0 spiro atoms. The highest BCUT2D eigenvalue weighted by atomic mass is 16.4. The number of carbonyl (C=O) groups is 3. The highest BCUT2D eigenvalue weighted by Gasteiger charge is 2.61. The minimum absolute atomic E-state index is 0.121. The summed E-state index contributed by atoms with van der Waals surface area (Å²) in [5, 5.41) is 9.14. The molecule has 1 fully saturated rings. The van der Waals surface area contributed by atoms with Crippen LogP contribution in [-0.2, 0) is 9.59 Å². The molecule has 1 N–H and O–H groups in total. The summed E-state index contributed by atoms with van der Waals surface area (Å²) in [4.78, 5) is 39.6. The molecule has 2 amide bonds. The Balaban J connectivity index is 1.51. The summed E-state index contributed by atoms with van der Waals surface area (Å²) in [7, 11) is 0. The van der Waals surface area contributed by atoms with Crippen LogP contribution < -0.4 is 4.90 Å². The van der Waals surface area contributed by atoms with Gasteiger partial charge in [-0.05, 0) is 46.5 Å². The Morgan fingerprint density at radius 3 is 1.43 bits per heavy atom. The van der Waals surface area contributed by atoms with Crippen molar-refractivity contribution in [3.63, 3.8) is 0 Å². The number of hydrogen-bond donors (Lipinski definition) is 1. The van der Waals surface area contributed by atoms with Gasteiger partial charge in [0.25, 0.3) is 0 Å². The van der Waals surface area contributed by atoms with Crippen LogP contribution in [-0.4, -0.2) is 22.9 Å². The van der Waals surface area contributed by atoms with E-state index in [1.54, 1.807) is 12.1 Å². The Morgan fingerprint density at radius 2 is 1.07 bits per heavy atom. The van der Waals surface area contributed by atoms with Crippen molar-refractivity contribution in [2.45, 2.75) is 11.8 Å². The van der Waals surface area contributed by atoms with Gasteiger partial charge in [0.1, 0.15) is 0 Å². The number of hydrogen-bond acceptors (Lipinski definition) is 3. The van der Waals surface area contributed by atoms with Crippen LogP contribution in [0.1, 0.15) is 44.4 Å². The van der Waals surface area contributed by atoms with E-state index in [1.807, 2.05) is 24.3 Å². The first-order valence-electron chi connectivity index (χ1n) is 9.96. The van der Waals surface area contributed by atoms with Gasteiger partial charge in [-0.15, -0.1) is 0 Å². The van der Waals surface area contributed by atoms with Crippen molar-refractivity contribution < 1.29 is 19.5 Å². The number of rotatable bonds is 2. The summed E-state index contributed by atoms with van der Waals surface area (Å²) in [6.07, 6.45) is 0. The van der Waals surface area contributed by atoms with Crippen LogP contribution in [0.3, 0.4) is 0 Å². The van der Waals surface area contributed by atoms with Crippen molar-refractivity contribution in [1.29, 1.82) is 0 Å². The van der Waals surface area contributed by atoms with Crippen LogP contribution in [0.5, 0.6) is 0 Å². The molecule has 0 saturated carbocycles. The van der Waals surface area contributed by atoms with E-state index in [0.29, 0.717) is 5.69 Å². The molecule has 0 radical (unpaired) electrons. The lowest BCUT2D eigenvalue weighted by Gasteiger charge is -2.45. The number of benzene rings is 3. The number of aromatic carboxylic acids is 1. The average molecular weight is 395 g/mol. The third-order valence-corrected chi connectivity index (χ3v) is 6.82. The SMILES string of the molecule is O=C(O)c1ccc(N2C(=O)C3C4c5ccccc5C(c5ccccc54)[C@@H]3C2=O)cc1. The predicted molar refractivity (Wildman–Crippen MR) is 109 cm³/mol. The van der Waals surface area contributed by atoms with E-state index in [2.05, 4.69) is 24.3 Å². The summed E-state index contributed by atoms with van der Waals surface area (Å²) in [6.45, 7) is 0. The van der Waals surface area contributed by atoms with Crippen LogP contribution in [0.25, 0.3) is 0 Å². The Labute approximate surface area is 172 Å². The largest absolute Gasteiger partial charge is 0.478 e. The smallest absolute Gasteiger partial charge is 0.335 e. The summed E-state index contributed by atoms with van der Waals surface area (Å²) in [6, 6.07) is 22.2. The standard InChI is InChI=1S/C25H17NO4/c27-23-21-19-15-5-1-2-6-16(15)20(18-8-4-3-7-17(18)19)22(21)24(28)26(23)14-11-9-13(10-12-14)25(29)30/h1-12,19-22H,(H,29,30)/t19?,20?,21-,22?/m0/s1. The molecule has 3 aromatic carbocycles. The monoisotopic (exact) mass is 395 g/mol. The van der Waals surface area contributed by atoms with E-state index in [9.17, 15) is 14.4 Å². The maximum absolute atomic E-state index is 13.6. The van der Waals surface area contributed by atoms with Gasteiger partial charge in [-0.2, -0.15) is 0 Å². The maximum atomic E-state index is 13.6. The zero-order valence-electron chi connectivity index (χ0n) is 15.9. The van der Waals surface area contributed by atoms with E-state index in [4.69, 9.17) is 5.11 Å². The van der Waals surface area contributed by atoms with E-state index in [1.165, 1.54) is 17.0 Å². The molecule has 3 aromatic rings. The Morgan fingerprint density at radius 1 is 0.667 bits per heavy atom.